The number of nitrogens with zero attached hydrogens (tertiary/aromatic N) is 2. The first-order valence-electron chi connectivity index (χ1n) is 6.84. The van der Waals surface area contributed by atoms with Crippen LogP contribution in [0.4, 0.5) is 17.3 Å². The quantitative estimate of drug-likeness (QED) is 0.723. The highest BCUT2D eigenvalue weighted by atomic mass is 16.5. The molecular weight excluding hydrogens is 266 g/mol. The highest BCUT2D eigenvalue weighted by Crippen LogP contribution is 2.23. The predicted molar refractivity (Wildman–Crippen MR) is 85.2 cm³/mol. The van der Waals surface area contributed by atoms with Gasteiger partial charge in [0, 0.05) is 19.7 Å². The number of anilines is 3. The van der Waals surface area contributed by atoms with Gasteiger partial charge in [-0.05, 0) is 12.5 Å². The number of nitrogen functional groups attached to an aromatic ring is 1. The Hall–Kier alpha value is -2.34. The van der Waals surface area contributed by atoms with Crippen LogP contribution >= 0.6 is 0 Å². The number of hydrogen-bond donors (Lipinski definition) is 3. The Morgan fingerprint density at radius 2 is 1.90 bits per heavy atom. The van der Waals surface area contributed by atoms with Crippen molar-refractivity contribution in [2.75, 3.05) is 30.1 Å². The van der Waals surface area contributed by atoms with Crippen molar-refractivity contribution in [3.05, 3.63) is 42.2 Å². The van der Waals surface area contributed by atoms with E-state index < -0.39 is 0 Å². The van der Waals surface area contributed by atoms with Crippen molar-refractivity contribution < 1.29 is 4.74 Å². The van der Waals surface area contributed by atoms with Crippen LogP contribution in [-0.2, 0) is 11.3 Å². The minimum absolute atomic E-state index is 0.120. The summed E-state index contributed by atoms with van der Waals surface area (Å²) in [5, 5.41) is 6.44. The lowest BCUT2D eigenvalue weighted by atomic mass is 10.2. The Labute approximate surface area is 124 Å². The van der Waals surface area contributed by atoms with E-state index in [9.17, 15) is 0 Å². The second-order valence-corrected chi connectivity index (χ2v) is 4.82. The Morgan fingerprint density at radius 3 is 2.62 bits per heavy atom. The van der Waals surface area contributed by atoms with Crippen molar-refractivity contribution in [1.82, 2.24) is 9.97 Å². The Morgan fingerprint density at radius 1 is 1.19 bits per heavy atom. The molecule has 0 radical (unpaired) electrons. The summed E-state index contributed by atoms with van der Waals surface area (Å²) in [4.78, 5) is 8.36. The summed E-state index contributed by atoms with van der Waals surface area (Å²) in [7, 11) is 1.66. The molecule has 0 bridgehead atoms. The van der Waals surface area contributed by atoms with Crippen LogP contribution in [0.5, 0.6) is 0 Å². The topological polar surface area (TPSA) is 85.1 Å². The summed E-state index contributed by atoms with van der Waals surface area (Å²) in [6, 6.07) is 10.2. The van der Waals surface area contributed by atoms with Crippen molar-refractivity contribution in [2.24, 2.45) is 0 Å². The number of nitrogens with one attached hydrogen (secondary N) is 2. The molecule has 1 heterocycles. The van der Waals surface area contributed by atoms with E-state index in [2.05, 4.69) is 20.6 Å². The van der Waals surface area contributed by atoms with Crippen LogP contribution in [0.3, 0.4) is 0 Å². The summed E-state index contributed by atoms with van der Waals surface area (Å²) in [6.45, 7) is 3.24. The number of methoxy groups -OCH3 is 1. The maximum atomic E-state index is 6.10. The third kappa shape index (κ3) is 4.32. The maximum Gasteiger partial charge on any atom is 0.155 e. The molecule has 0 aliphatic carbocycles. The van der Waals surface area contributed by atoms with Gasteiger partial charge in [0.2, 0.25) is 0 Å². The van der Waals surface area contributed by atoms with Crippen molar-refractivity contribution >= 4 is 17.3 Å². The van der Waals surface area contributed by atoms with Crippen LogP contribution in [0.25, 0.3) is 0 Å². The number of ether oxygens (including phenoxy) is 1. The van der Waals surface area contributed by atoms with Gasteiger partial charge in [-0.3, -0.25) is 0 Å². The molecule has 0 aliphatic rings. The lowest BCUT2D eigenvalue weighted by molar-refractivity contribution is 0.190. The monoisotopic (exact) mass is 287 g/mol. The Bertz CT molecular complexity index is 561. The second kappa shape index (κ2) is 7.44. The van der Waals surface area contributed by atoms with E-state index in [0.29, 0.717) is 30.5 Å². The molecular formula is C15H21N5O. The summed E-state index contributed by atoms with van der Waals surface area (Å²) >= 11 is 0. The Kier molecular flexibility index (Phi) is 5.34. The van der Waals surface area contributed by atoms with Crippen molar-refractivity contribution in [3.63, 3.8) is 0 Å². The normalized spacial score (nSPS) is 11.9. The molecule has 0 fully saturated rings. The molecule has 2 aromatic rings. The van der Waals surface area contributed by atoms with Gasteiger partial charge in [-0.15, -0.1) is 0 Å². The van der Waals surface area contributed by atoms with Gasteiger partial charge in [-0.1, -0.05) is 30.3 Å². The zero-order chi connectivity index (χ0) is 15.1. The molecule has 112 valence electrons. The van der Waals surface area contributed by atoms with Gasteiger partial charge >= 0.3 is 0 Å². The molecule has 1 atom stereocenters. The van der Waals surface area contributed by atoms with E-state index in [-0.39, 0.29) is 6.04 Å². The zero-order valence-electron chi connectivity index (χ0n) is 12.3. The number of rotatable bonds is 7. The van der Waals surface area contributed by atoms with E-state index in [1.807, 2.05) is 37.3 Å². The molecule has 0 aliphatic heterocycles. The molecule has 1 unspecified atom stereocenters. The summed E-state index contributed by atoms with van der Waals surface area (Å²) in [5.74, 6) is 1.24. The largest absolute Gasteiger partial charge is 0.393 e. The Balaban J connectivity index is 2.03. The maximum absolute atomic E-state index is 6.10. The van der Waals surface area contributed by atoms with Crippen molar-refractivity contribution in [2.45, 2.75) is 19.5 Å². The standard InChI is InChI=1S/C15H21N5O/c1-11(9-21-2)20-15-13(16)14(18-10-19-15)17-8-12-6-4-3-5-7-12/h3-7,10-11H,8-9,16H2,1-2H3,(H2,17,18,19,20). The molecule has 0 amide bonds. The average molecular weight is 287 g/mol. The van der Waals surface area contributed by atoms with Crippen LogP contribution in [-0.4, -0.2) is 29.7 Å². The molecule has 0 saturated carbocycles. The average Bonchev–Trinajstić information content (AvgIpc) is 2.49. The van der Waals surface area contributed by atoms with Crippen LogP contribution in [0.2, 0.25) is 0 Å². The SMILES string of the molecule is COCC(C)Nc1ncnc(NCc2ccccc2)c1N. The van der Waals surface area contributed by atoms with Gasteiger partial charge in [-0.25, -0.2) is 9.97 Å². The predicted octanol–water partition coefficient (Wildman–Crippen LogP) is 2.12. The first kappa shape index (κ1) is 15.1. The van der Waals surface area contributed by atoms with Crippen molar-refractivity contribution in [3.8, 4) is 0 Å². The van der Waals surface area contributed by atoms with Gasteiger partial charge in [0.05, 0.1) is 6.61 Å². The van der Waals surface area contributed by atoms with Gasteiger partial charge < -0.3 is 21.1 Å². The lowest BCUT2D eigenvalue weighted by Gasteiger charge is -2.16. The first-order valence-corrected chi connectivity index (χ1v) is 6.84. The minimum Gasteiger partial charge on any atom is -0.393 e. The molecule has 21 heavy (non-hydrogen) atoms. The molecule has 1 aromatic carbocycles. The molecule has 0 saturated heterocycles. The van der Waals surface area contributed by atoms with E-state index in [1.54, 1.807) is 7.11 Å². The lowest BCUT2D eigenvalue weighted by Crippen LogP contribution is -2.22. The molecule has 0 spiro atoms. The van der Waals surface area contributed by atoms with Gasteiger partial charge in [-0.2, -0.15) is 0 Å². The molecule has 6 nitrogen and oxygen atoms in total. The number of benzene rings is 1. The smallest absolute Gasteiger partial charge is 0.155 e. The van der Waals surface area contributed by atoms with Crippen molar-refractivity contribution in [1.29, 1.82) is 0 Å². The third-order valence-electron chi connectivity index (χ3n) is 2.99. The van der Waals surface area contributed by atoms with Crippen LogP contribution < -0.4 is 16.4 Å². The minimum atomic E-state index is 0.120. The highest BCUT2D eigenvalue weighted by Gasteiger charge is 2.10. The van der Waals surface area contributed by atoms with E-state index in [4.69, 9.17) is 10.5 Å². The third-order valence-corrected chi connectivity index (χ3v) is 2.99. The second-order valence-electron chi connectivity index (χ2n) is 4.82. The molecule has 1 aromatic heterocycles. The van der Waals surface area contributed by atoms with E-state index in [0.717, 1.165) is 5.56 Å². The van der Waals surface area contributed by atoms with E-state index >= 15 is 0 Å². The fraction of sp³-hybridized carbons (Fsp3) is 0.333. The highest BCUT2D eigenvalue weighted by molar-refractivity contribution is 5.74. The van der Waals surface area contributed by atoms with E-state index in [1.165, 1.54) is 6.33 Å². The fourth-order valence-corrected chi connectivity index (χ4v) is 1.96. The van der Waals surface area contributed by atoms with Gasteiger partial charge in [0.15, 0.2) is 11.6 Å². The number of nitrogens with two attached hydrogens (primary N) is 1. The first-order chi connectivity index (χ1) is 10.2. The summed E-state index contributed by atoms with van der Waals surface area (Å²) in [6.07, 6.45) is 1.49. The number of aromatic nitrogens is 2. The molecule has 6 heteroatoms. The zero-order valence-corrected chi connectivity index (χ0v) is 12.3. The number of hydrogen-bond acceptors (Lipinski definition) is 6. The van der Waals surface area contributed by atoms with Crippen LogP contribution in [0.15, 0.2) is 36.7 Å². The fourth-order valence-electron chi connectivity index (χ4n) is 1.96. The molecule has 2 rings (SSSR count). The summed E-state index contributed by atoms with van der Waals surface area (Å²) in [5.41, 5.74) is 7.78. The van der Waals surface area contributed by atoms with Gasteiger partial charge in [0.25, 0.3) is 0 Å². The molecule has 4 N–H and O–H groups in total. The summed E-state index contributed by atoms with van der Waals surface area (Å²) < 4.78 is 5.09. The van der Waals surface area contributed by atoms with Gasteiger partial charge in [0.1, 0.15) is 12.0 Å². The van der Waals surface area contributed by atoms with Crippen LogP contribution in [0, 0.1) is 0 Å². The van der Waals surface area contributed by atoms with Crippen LogP contribution in [0.1, 0.15) is 12.5 Å².